The van der Waals surface area contributed by atoms with Crippen molar-refractivity contribution in [1.82, 2.24) is 15.5 Å². The number of carbonyl (C=O) groups is 1. The van der Waals surface area contributed by atoms with Crippen LogP contribution in [0.4, 0.5) is 24.5 Å². The number of rotatable bonds is 5. The number of para-hydroxylation sites is 1. The minimum Gasteiger partial charge on any atom is -0.495 e. The van der Waals surface area contributed by atoms with Crippen molar-refractivity contribution in [3.63, 3.8) is 0 Å². The summed E-state index contributed by atoms with van der Waals surface area (Å²) in [6, 6.07) is 6.20. The Bertz CT molecular complexity index is 1020. The van der Waals surface area contributed by atoms with Crippen LogP contribution in [0.15, 0.2) is 24.3 Å². The summed E-state index contributed by atoms with van der Waals surface area (Å²) in [4.78, 5) is 12.1. The van der Waals surface area contributed by atoms with E-state index in [2.05, 4.69) is 15.5 Å². The fourth-order valence-corrected chi connectivity index (χ4v) is 3.15. The molecule has 1 aromatic heterocycles. The van der Waals surface area contributed by atoms with Gasteiger partial charge in [0.1, 0.15) is 5.75 Å². The predicted molar refractivity (Wildman–Crippen MR) is 113 cm³/mol. The molecule has 0 radical (unpaired) electrons. The monoisotopic (exact) mass is 472 g/mol. The Balaban J connectivity index is 1.99. The second-order valence-electron chi connectivity index (χ2n) is 8.02. The number of ether oxygens (including phenoxy) is 1. The van der Waals surface area contributed by atoms with Gasteiger partial charge in [-0.2, -0.15) is 13.2 Å². The molecule has 8 nitrogen and oxygen atoms in total. The van der Waals surface area contributed by atoms with E-state index in [1.807, 2.05) is 27.7 Å². The van der Waals surface area contributed by atoms with Gasteiger partial charge in [-0.05, 0) is 33.8 Å². The summed E-state index contributed by atoms with van der Waals surface area (Å²) < 4.78 is 55.6. The molecule has 1 aliphatic heterocycles. The van der Waals surface area contributed by atoms with E-state index in [4.69, 9.17) is 25.6 Å². The number of nitrogens with zero attached hydrogens (tertiary/aromatic N) is 2. The number of nitrogens with one attached hydrogen (secondary N) is 2. The van der Waals surface area contributed by atoms with Crippen LogP contribution in [0.5, 0.6) is 5.75 Å². The zero-order valence-corrected chi connectivity index (χ0v) is 18.7. The fourth-order valence-electron chi connectivity index (χ4n) is 3.00. The van der Waals surface area contributed by atoms with Crippen LogP contribution in [0.25, 0.3) is 0 Å². The van der Waals surface area contributed by atoms with E-state index in [1.54, 1.807) is 18.2 Å². The van der Waals surface area contributed by atoms with E-state index in [0.717, 1.165) is 5.32 Å². The van der Waals surface area contributed by atoms with Gasteiger partial charge in [0.2, 0.25) is 0 Å². The third-order valence-corrected chi connectivity index (χ3v) is 5.45. The normalized spacial score (nSPS) is 17.2. The Hall–Kier alpha value is -2.57. The third kappa shape index (κ3) is 4.92. The first-order valence-electron chi connectivity index (χ1n) is 9.46. The van der Waals surface area contributed by atoms with Crippen LogP contribution in [-0.2, 0) is 9.31 Å². The Kier molecular flexibility index (Phi) is 6.33. The molecule has 1 amide bonds. The molecule has 1 fully saturated rings. The average molecular weight is 473 g/mol. The van der Waals surface area contributed by atoms with E-state index in [1.165, 1.54) is 13.2 Å². The zero-order chi connectivity index (χ0) is 23.9. The van der Waals surface area contributed by atoms with Crippen LogP contribution in [0.1, 0.15) is 38.2 Å². The molecule has 2 N–H and O–H groups in total. The van der Waals surface area contributed by atoms with Gasteiger partial charge in [0, 0.05) is 11.5 Å². The highest BCUT2D eigenvalue weighted by atomic mass is 35.5. The maximum Gasteiger partial charge on any atom is 0.498 e. The molecule has 0 aliphatic carbocycles. The summed E-state index contributed by atoms with van der Waals surface area (Å²) in [6.07, 6.45) is -4.94. The molecule has 3 rings (SSSR count). The first kappa shape index (κ1) is 24.1. The molecule has 0 saturated carbocycles. The highest BCUT2D eigenvalue weighted by Crippen LogP contribution is 2.38. The lowest BCUT2D eigenvalue weighted by Crippen LogP contribution is -2.41. The molecule has 1 aliphatic rings. The lowest BCUT2D eigenvalue weighted by atomic mass is 9.78. The van der Waals surface area contributed by atoms with Crippen molar-refractivity contribution in [1.29, 1.82) is 0 Å². The van der Waals surface area contributed by atoms with Gasteiger partial charge >= 0.3 is 13.4 Å². The van der Waals surface area contributed by atoms with Gasteiger partial charge in [0.25, 0.3) is 5.91 Å². The minimum atomic E-state index is -4.94. The molecule has 0 atom stereocenters. The van der Waals surface area contributed by atoms with Crippen molar-refractivity contribution in [2.75, 3.05) is 12.4 Å². The molecule has 172 valence electrons. The molecule has 2 aromatic rings. The van der Waals surface area contributed by atoms with Gasteiger partial charge in [-0.25, -0.2) is 0 Å². The molecule has 2 heterocycles. The van der Waals surface area contributed by atoms with E-state index in [9.17, 15) is 18.0 Å². The van der Waals surface area contributed by atoms with Crippen LogP contribution in [0.3, 0.4) is 0 Å². The summed E-state index contributed by atoms with van der Waals surface area (Å²) >= 11 is 5.85. The largest absolute Gasteiger partial charge is 0.498 e. The van der Waals surface area contributed by atoms with E-state index in [-0.39, 0.29) is 10.8 Å². The first-order valence-corrected chi connectivity index (χ1v) is 9.84. The summed E-state index contributed by atoms with van der Waals surface area (Å²) in [6.45, 7) is 7.60. The topological polar surface area (TPSA) is 94.6 Å². The van der Waals surface area contributed by atoms with Crippen molar-refractivity contribution in [2.45, 2.75) is 45.2 Å². The molecule has 32 heavy (non-hydrogen) atoms. The maximum atomic E-state index is 12.6. The highest BCUT2D eigenvalue weighted by Gasteiger charge is 2.52. The summed E-state index contributed by atoms with van der Waals surface area (Å²) in [5.41, 5.74) is -1.03. The molecule has 1 saturated heterocycles. The molecule has 0 unspecified atom stereocenters. The molecular weight excluding hydrogens is 451 g/mol. The van der Waals surface area contributed by atoms with Crippen LogP contribution in [0, 0.1) is 0 Å². The van der Waals surface area contributed by atoms with Crippen LogP contribution in [0.2, 0.25) is 5.15 Å². The van der Waals surface area contributed by atoms with Gasteiger partial charge in [-0.1, -0.05) is 23.7 Å². The van der Waals surface area contributed by atoms with Gasteiger partial charge < -0.3 is 19.4 Å². The van der Waals surface area contributed by atoms with Crippen LogP contribution >= 0.6 is 11.6 Å². The molecule has 0 spiro atoms. The third-order valence-electron chi connectivity index (χ3n) is 5.26. The smallest absolute Gasteiger partial charge is 0.495 e. The van der Waals surface area contributed by atoms with Crippen molar-refractivity contribution in [3.8, 4) is 5.75 Å². The standard InChI is InChI=1S/C19H21BClF3N4O4/c1-17(2)18(3,4)32-20(31-17)10-7-6-8-11(15(10)30-5)25-12-9-13(21)27-28-14(12)16(29)26-19(22,23)24/h6-9H,1-5H3,(H,25,27)(H,26,29). The summed E-state index contributed by atoms with van der Waals surface area (Å²) in [7, 11) is 0.661. The maximum absolute atomic E-state index is 12.6. The lowest BCUT2D eigenvalue weighted by Gasteiger charge is -2.32. The number of hydrogen-bond acceptors (Lipinski definition) is 7. The number of amides is 1. The number of hydrogen-bond donors (Lipinski definition) is 2. The average Bonchev–Trinajstić information content (AvgIpc) is 2.87. The van der Waals surface area contributed by atoms with Gasteiger partial charge in [-0.3, -0.25) is 10.1 Å². The number of carbonyl (C=O) groups excluding carboxylic acids is 1. The molecule has 1 aromatic carbocycles. The summed E-state index contributed by atoms with van der Waals surface area (Å²) in [5.74, 6) is -1.19. The minimum absolute atomic E-state index is 0.101. The van der Waals surface area contributed by atoms with Gasteiger partial charge in [-0.15, -0.1) is 10.2 Å². The van der Waals surface area contributed by atoms with Crippen LogP contribution < -0.4 is 20.8 Å². The SMILES string of the molecule is COc1c(Nc2cc(Cl)nnc2C(=O)NC(F)(F)F)cccc1B1OC(C)(C)C(C)(C)O1. The number of halogens is 4. The van der Waals surface area contributed by atoms with Crippen molar-refractivity contribution >= 4 is 41.5 Å². The van der Waals surface area contributed by atoms with Crippen molar-refractivity contribution < 1.29 is 32.0 Å². The van der Waals surface area contributed by atoms with Crippen molar-refractivity contribution in [2.24, 2.45) is 0 Å². The second-order valence-corrected chi connectivity index (χ2v) is 8.41. The Morgan fingerprint density at radius 3 is 2.31 bits per heavy atom. The predicted octanol–water partition coefficient (Wildman–Crippen LogP) is 3.43. The Labute approximate surface area is 187 Å². The second kappa shape index (κ2) is 8.41. The lowest BCUT2D eigenvalue weighted by molar-refractivity contribution is -0.146. The van der Waals surface area contributed by atoms with Gasteiger partial charge in [0.15, 0.2) is 10.8 Å². The Morgan fingerprint density at radius 2 is 1.75 bits per heavy atom. The zero-order valence-electron chi connectivity index (χ0n) is 17.9. The highest BCUT2D eigenvalue weighted by molar-refractivity contribution is 6.63. The van der Waals surface area contributed by atoms with E-state index < -0.39 is 36.2 Å². The first-order chi connectivity index (χ1) is 14.7. The molecular formula is C19H21BClF3N4O4. The molecule has 0 bridgehead atoms. The quantitative estimate of drug-likeness (QED) is 0.508. The number of anilines is 2. The number of benzene rings is 1. The fraction of sp³-hybridized carbons (Fsp3) is 0.421. The number of alkyl halides is 3. The van der Waals surface area contributed by atoms with Crippen LogP contribution in [-0.4, -0.2) is 47.8 Å². The van der Waals surface area contributed by atoms with E-state index in [0.29, 0.717) is 16.9 Å². The van der Waals surface area contributed by atoms with E-state index >= 15 is 0 Å². The molecule has 13 heteroatoms. The Morgan fingerprint density at radius 1 is 1.12 bits per heavy atom. The number of aromatic nitrogens is 2. The summed E-state index contributed by atoms with van der Waals surface area (Å²) in [5, 5.41) is 10.6. The van der Waals surface area contributed by atoms with Gasteiger partial charge in [0.05, 0.1) is 29.7 Å². The van der Waals surface area contributed by atoms with Crippen molar-refractivity contribution in [3.05, 3.63) is 35.1 Å². The number of methoxy groups -OCH3 is 1.